The molecule has 0 spiro atoms. The Balaban J connectivity index is 0.00000432. The molecule has 2 heterocycles. The molecule has 0 bridgehead atoms. The van der Waals surface area contributed by atoms with E-state index in [1.807, 2.05) is 11.8 Å². The van der Waals surface area contributed by atoms with Crippen LogP contribution in [0.1, 0.15) is 46.1 Å². The number of carboxylic acids is 1. The first-order valence-corrected chi connectivity index (χ1v) is 11.2. The number of aliphatic carboxylic acids is 1. The Morgan fingerprint density at radius 3 is 2.49 bits per heavy atom. The summed E-state index contributed by atoms with van der Waals surface area (Å²) < 4.78 is 46.1. The van der Waals surface area contributed by atoms with Gasteiger partial charge in [0.1, 0.15) is 5.60 Å². The molecule has 0 radical (unpaired) electrons. The van der Waals surface area contributed by atoms with E-state index in [2.05, 4.69) is 4.98 Å². The van der Waals surface area contributed by atoms with Crippen LogP contribution in [0.2, 0.25) is 0 Å². The minimum absolute atomic E-state index is 0. The van der Waals surface area contributed by atoms with Gasteiger partial charge >= 0.3 is 31.1 Å². The third kappa shape index (κ3) is 7.28. The minimum Gasteiger partial charge on any atom is -0.550 e. The number of nitrogens with zero attached hydrogens (tertiary/aromatic N) is 3. The first kappa shape index (κ1) is 28.8. The molecule has 186 valence electrons. The first-order valence-electron chi connectivity index (χ1n) is 11.2. The molecule has 0 unspecified atom stereocenters. The van der Waals surface area contributed by atoms with Crippen LogP contribution in [0.4, 0.5) is 23.7 Å². The summed E-state index contributed by atoms with van der Waals surface area (Å²) in [5.41, 5.74) is -1.13. The zero-order valence-electron chi connectivity index (χ0n) is 20.7. The van der Waals surface area contributed by atoms with Crippen LogP contribution in [0.5, 0.6) is 0 Å². The molecule has 2 atom stereocenters. The molecule has 0 N–H and O–H groups in total. The van der Waals surface area contributed by atoms with E-state index < -0.39 is 35.4 Å². The number of carbonyl (C=O) groups excluding carboxylic acids is 2. The molecule has 0 aliphatic carbocycles. The van der Waals surface area contributed by atoms with Crippen molar-refractivity contribution >= 4 is 28.7 Å². The average molecular weight is 487 g/mol. The van der Waals surface area contributed by atoms with E-state index in [1.165, 1.54) is 17.2 Å². The number of fused-ring (bicyclic) bond motifs is 1. The van der Waals surface area contributed by atoms with Gasteiger partial charge in [0.15, 0.2) is 0 Å². The molecule has 0 saturated carbocycles. The minimum atomic E-state index is -4.54. The summed E-state index contributed by atoms with van der Waals surface area (Å²) in [4.78, 5) is 31.3. The number of amides is 1. The van der Waals surface area contributed by atoms with Crippen LogP contribution in [0.25, 0.3) is 10.9 Å². The third-order valence-electron chi connectivity index (χ3n) is 5.66. The van der Waals surface area contributed by atoms with Crippen molar-refractivity contribution in [3.05, 3.63) is 36.0 Å². The Hall–Kier alpha value is -2.44. The summed E-state index contributed by atoms with van der Waals surface area (Å²) in [6.07, 6.45) is -3.60. The molecule has 1 saturated heterocycles. The summed E-state index contributed by atoms with van der Waals surface area (Å²) in [5.74, 6) is -1.20. The van der Waals surface area contributed by atoms with E-state index in [-0.39, 0.29) is 43.3 Å². The molecule has 1 fully saturated rings. The summed E-state index contributed by atoms with van der Waals surface area (Å²) in [6, 6.07) is 5.25. The largest absolute Gasteiger partial charge is 1.00 e. The van der Waals surface area contributed by atoms with Crippen LogP contribution in [-0.2, 0) is 15.7 Å². The fraction of sp³-hybridized carbons (Fsp3) is 0.542. The summed E-state index contributed by atoms with van der Waals surface area (Å²) in [7, 11) is 0. The van der Waals surface area contributed by atoms with E-state index in [9.17, 15) is 27.9 Å². The molecule has 1 aromatic heterocycles. The number of carbonyl (C=O) groups is 2. The van der Waals surface area contributed by atoms with E-state index in [4.69, 9.17) is 4.74 Å². The number of aromatic nitrogens is 1. The molecule has 1 aliphatic heterocycles. The average Bonchev–Trinajstić information content (AvgIpc) is 2.70. The van der Waals surface area contributed by atoms with Gasteiger partial charge in [-0.3, -0.25) is 4.98 Å². The van der Waals surface area contributed by atoms with Gasteiger partial charge in [-0.05, 0) is 57.4 Å². The van der Waals surface area contributed by atoms with Crippen LogP contribution in [0.3, 0.4) is 0 Å². The van der Waals surface area contributed by atoms with Crippen molar-refractivity contribution in [1.29, 1.82) is 0 Å². The molecule has 35 heavy (non-hydrogen) atoms. The molecular weight excluding hydrogens is 458 g/mol. The van der Waals surface area contributed by atoms with Crippen LogP contribution < -0.4 is 28.9 Å². The van der Waals surface area contributed by atoms with E-state index in [0.29, 0.717) is 30.6 Å². The number of rotatable bonds is 5. The van der Waals surface area contributed by atoms with Crippen molar-refractivity contribution in [2.45, 2.75) is 58.4 Å². The molecule has 1 aliphatic rings. The molecular formula is C24H29F3LiN3O4. The third-order valence-corrected chi connectivity index (χ3v) is 5.66. The number of carboxylic acid groups (broad SMARTS) is 1. The van der Waals surface area contributed by atoms with Gasteiger partial charge in [-0.15, -0.1) is 0 Å². The SMILES string of the molecule is C[C@H]1C[C@@H](N(CCC(=O)[O-])C(=O)OC(C)(C)C)CN(c2ccc(C(F)(F)F)c3ncccc23)C1.[Li+]. The molecule has 1 amide bonds. The standard InChI is InChI=1S/C24H30F3N3O4.Li/c1-15-12-16(30(11-9-20(31)32)22(33)34-23(2,3)4)14-29(13-15)19-8-7-18(24(25,26)27)21-17(19)6-5-10-28-21;/h5-8,10,15-16H,9,11-14H2,1-4H3,(H,31,32);/q;+1/p-1/t15-,16+;/m0./s1. The Morgan fingerprint density at radius 1 is 1.20 bits per heavy atom. The van der Waals surface area contributed by atoms with Gasteiger partial charge in [0.2, 0.25) is 0 Å². The fourth-order valence-electron chi connectivity index (χ4n) is 4.36. The topological polar surface area (TPSA) is 85.8 Å². The number of hydrogen-bond acceptors (Lipinski definition) is 6. The quantitative estimate of drug-likeness (QED) is 0.582. The van der Waals surface area contributed by atoms with Crippen molar-refractivity contribution in [2.24, 2.45) is 5.92 Å². The number of halogens is 3. The number of ether oxygens (including phenoxy) is 1. The Labute approximate surface area is 214 Å². The maximum Gasteiger partial charge on any atom is 1.00 e. The van der Waals surface area contributed by atoms with E-state index >= 15 is 0 Å². The van der Waals surface area contributed by atoms with Gasteiger partial charge in [0, 0.05) is 49.3 Å². The van der Waals surface area contributed by atoms with Gasteiger partial charge < -0.3 is 24.4 Å². The monoisotopic (exact) mass is 487 g/mol. The summed E-state index contributed by atoms with van der Waals surface area (Å²) >= 11 is 0. The van der Waals surface area contributed by atoms with E-state index in [0.717, 1.165) is 6.07 Å². The van der Waals surface area contributed by atoms with Gasteiger partial charge in [-0.25, -0.2) is 4.79 Å². The normalized spacial score (nSPS) is 18.7. The second-order valence-corrected chi connectivity index (χ2v) is 9.73. The molecule has 3 rings (SSSR count). The predicted octanol–water partition coefficient (Wildman–Crippen LogP) is 0.850. The van der Waals surface area contributed by atoms with Crippen LogP contribution >= 0.6 is 0 Å². The number of benzene rings is 1. The van der Waals surface area contributed by atoms with Gasteiger partial charge in [0.05, 0.1) is 17.1 Å². The van der Waals surface area contributed by atoms with Crippen molar-refractivity contribution < 1.29 is 51.5 Å². The number of piperidine rings is 1. The number of hydrogen-bond donors (Lipinski definition) is 0. The molecule has 7 nitrogen and oxygen atoms in total. The van der Waals surface area contributed by atoms with Gasteiger partial charge in [0.25, 0.3) is 0 Å². The van der Waals surface area contributed by atoms with Gasteiger partial charge in [-0.2, -0.15) is 13.2 Å². The Bertz CT molecular complexity index is 1060. The van der Waals surface area contributed by atoms with Crippen LogP contribution in [0, 0.1) is 5.92 Å². The smallest absolute Gasteiger partial charge is 0.550 e. The summed E-state index contributed by atoms with van der Waals surface area (Å²) in [6.45, 7) is 7.94. The zero-order chi connectivity index (χ0) is 25.3. The number of anilines is 1. The first-order chi connectivity index (χ1) is 15.8. The van der Waals surface area contributed by atoms with Gasteiger partial charge in [-0.1, -0.05) is 6.92 Å². The molecule has 11 heteroatoms. The maximum atomic E-state index is 13.5. The van der Waals surface area contributed by atoms with Crippen molar-refractivity contribution in [2.75, 3.05) is 24.5 Å². The molecule has 1 aromatic carbocycles. The van der Waals surface area contributed by atoms with Crippen molar-refractivity contribution in [1.82, 2.24) is 9.88 Å². The fourth-order valence-corrected chi connectivity index (χ4v) is 4.36. The predicted molar refractivity (Wildman–Crippen MR) is 119 cm³/mol. The van der Waals surface area contributed by atoms with Crippen molar-refractivity contribution in [3.8, 4) is 0 Å². The molecule has 2 aromatic rings. The second-order valence-electron chi connectivity index (χ2n) is 9.73. The van der Waals surface area contributed by atoms with Crippen molar-refractivity contribution in [3.63, 3.8) is 0 Å². The van der Waals surface area contributed by atoms with Crippen LogP contribution in [-0.4, -0.2) is 53.2 Å². The zero-order valence-corrected chi connectivity index (χ0v) is 20.7. The maximum absolute atomic E-state index is 13.5. The van der Waals surface area contributed by atoms with Crippen LogP contribution in [0.15, 0.2) is 30.5 Å². The number of alkyl halides is 3. The summed E-state index contributed by atoms with van der Waals surface area (Å²) in [5, 5.41) is 11.5. The van der Waals surface area contributed by atoms with E-state index in [1.54, 1.807) is 32.9 Å². The Kier molecular flexibility index (Phi) is 9.12. The number of pyridine rings is 1. The Morgan fingerprint density at radius 2 is 1.89 bits per heavy atom. The second kappa shape index (κ2) is 11.1.